The van der Waals surface area contributed by atoms with Crippen molar-refractivity contribution in [3.63, 3.8) is 0 Å². The molecule has 94 valence electrons. The number of anilines is 3. The average molecular weight is 236 g/mol. The third-order valence-corrected chi connectivity index (χ3v) is 2.80. The first-order valence-electron chi connectivity index (χ1n) is 6.00. The summed E-state index contributed by atoms with van der Waals surface area (Å²) in [5.41, 5.74) is 5.66. The Labute approximate surface area is 102 Å². The van der Waals surface area contributed by atoms with Crippen molar-refractivity contribution in [2.24, 2.45) is 5.92 Å². The van der Waals surface area contributed by atoms with E-state index in [9.17, 15) is 0 Å². The molecule has 1 fully saturated rings. The first-order valence-corrected chi connectivity index (χ1v) is 6.00. The average Bonchev–Trinajstić information content (AvgIpc) is 3.00. The van der Waals surface area contributed by atoms with Gasteiger partial charge in [-0.1, -0.05) is 12.8 Å². The van der Waals surface area contributed by atoms with Crippen LogP contribution < -0.4 is 16.0 Å². The molecule has 0 aliphatic heterocycles. The molecule has 1 heterocycles. The molecule has 0 saturated heterocycles. The van der Waals surface area contributed by atoms with Crippen molar-refractivity contribution in [3.8, 4) is 0 Å². The van der Waals surface area contributed by atoms with Crippen LogP contribution in [-0.4, -0.2) is 35.1 Å². The van der Waals surface area contributed by atoms with Gasteiger partial charge in [0.2, 0.25) is 17.8 Å². The zero-order valence-corrected chi connectivity index (χ0v) is 10.6. The second-order valence-corrected chi connectivity index (χ2v) is 4.94. The molecule has 0 bridgehead atoms. The Morgan fingerprint density at radius 3 is 2.65 bits per heavy atom. The Bertz CT molecular complexity index is 388. The third-order valence-electron chi connectivity index (χ3n) is 2.80. The number of nitrogens with one attached hydrogen (secondary N) is 1. The van der Waals surface area contributed by atoms with E-state index < -0.39 is 0 Å². The summed E-state index contributed by atoms with van der Waals surface area (Å²) in [4.78, 5) is 14.3. The predicted octanol–water partition coefficient (Wildman–Crippen LogP) is 1.12. The van der Waals surface area contributed by atoms with Gasteiger partial charge in [0.25, 0.3) is 0 Å². The maximum Gasteiger partial charge on any atom is 0.231 e. The number of nitrogen functional groups attached to an aromatic ring is 1. The molecular weight excluding hydrogens is 216 g/mol. The lowest BCUT2D eigenvalue weighted by molar-refractivity contribution is 0.637. The molecule has 0 radical (unpaired) electrons. The van der Waals surface area contributed by atoms with Gasteiger partial charge in [-0.25, -0.2) is 0 Å². The highest BCUT2D eigenvalue weighted by molar-refractivity contribution is 5.41. The van der Waals surface area contributed by atoms with E-state index in [0.29, 0.717) is 17.9 Å². The molecule has 1 unspecified atom stereocenters. The molecule has 1 aliphatic carbocycles. The molecule has 1 aliphatic rings. The van der Waals surface area contributed by atoms with Crippen LogP contribution in [-0.2, 0) is 0 Å². The van der Waals surface area contributed by atoms with Crippen molar-refractivity contribution in [1.82, 2.24) is 15.0 Å². The lowest BCUT2D eigenvalue weighted by Gasteiger charge is -2.15. The standard InChI is InChI=1S/C11H20N6/c1-7(6-8-4-5-8)13-10-14-9(12)15-11(16-10)17(2)3/h7-8H,4-6H2,1-3H3,(H3,12,13,14,15,16). The van der Waals surface area contributed by atoms with E-state index in [0.717, 1.165) is 5.92 Å². The Balaban J connectivity index is 2.03. The summed E-state index contributed by atoms with van der Waals surface area (Å²) < 4.78 is 0. The first-order chi connectivity index (χ1) is 8.04. The van der Waals surface area contributed by atoms with Crippen molar-refractivity contribution in [2.75, 3.05) is 30.0 Å². The lowest BCUT2D eigenvalue weighted by Crippen LogP contribution is -2.21. The molecule has 6 nitrogen and oxygen atoms in total. The Kier molecular flexibility index (Phi) is 3.31. The van der Waals surface area contributed by atoms with Crippen molar-refractivity contribution < 1.29 is 0 Å². The molecule has 17 heavy (non-hydrogen) atoms. The Morgan fingerprint density at radius 1 is 1.35 bits per heavy atom. The van der Waals surface area contributed by atoms with E-state index in [1.54, 1.807) is 0 Å². The molecule has 1 aromatic rings. The molecule has 1 atom stereocenters. The lowest BCUT2D eigenvalue weighted by atomic mass is 10.2. The molecule has 1 saturated carbocycles. The second kappa shape index (κ2) is 4.73. The number of nitrogens with zero attached hydrogens (tertiary/aromatic N) is 4. The van der Waals surface area contributed by atoms with Gasteiger partial charge in [0.1, 0.15) is 0 Å². The minimum atomic E-state index is 0.254. The first kappa shape index (κ1) is 11.9. The number of nitrogens with two attached hydrogens (primary N) is 1. The monoisotopic (exact) mass is 236 g/mol. The highest BCUT2D eigenvalue weighted by Gasteiger charge is 2.23. The minimum absolute atomic E-state index is 0.254. The van der Waals surface area contributed by atoms with Crippen molar-refractivity contribution >= 4 is 17.8 Å². The SMILES string of the molecule is CC(CC1CC1)Nc1nc(N)nc(N(C)C)n1. The van der Waals surface area contributed by atoms with Gasteiger partial charge in [0, 0.05) is 20.1 Å². The van der Waals surface area contributed by atoms with Crippen molar-refractivity contribution in [1.29, 1.82) is 0 Å². The smallest absolute Gasteiger partial charge is 0.231 e. The zero-order valence-electron chi connectivity index (χ0n) is 10.6. The normalized spacial score (nSPS) is 16.6. The van der Waals surface area contributed by atoms with Crippen LogP contribution in [0.2, 0.25) is 0 Å². The van der Waals surface area contributed by atoms with E-state index >= 15 is 0 Å². The molecule has 3 N–H and O–H groups in total. The van der Waals surface area contributed by atoms with Crippen LogP contribution in [0.15, 0.2) is 0 Å². The summed E-state index contributed by atoms with van der Waals surface area (Å²) in [6, 6.07) is 0.374. The minimum Gasteiger partial charge on any atom is -0.368 e. The fourth-order valence-corrected chi connectivity index (χ4v) is 1.78. The summed E-state index contributed by atoms with van der Waals surface area (Å²) in [5.74, 6) is 2.28. The highest BCUT2D eigenvalue weighted by Crippen LogP contribution is 2.33. The third kappa shape index (κ3) is 3.44. The van der Waals surface area contributed by atoms with Gasteiger partial charge in [-0.15, -0.1) is 0 Å². The summed E-state index contributed by atoms with van der Waals surface area (Å²) in [6.07, 6.45) is 3.88. The van der Waals surface area contributed by atoms with Gasteiger partial charge in [-0.3, -0.25) is 0 Å². The van der Waals surface area contributed by atoms with E-state index in [1.807, 2.05) is 19.0 Å². The maximum absolute atomic E-state index is 5.66. The number of rotatable bonds is 5. The summed E-state index contributed by atoms with van der Waals surface area (Å²) in [6.45, 7) is 2.15. The largest absolute Gasteiger partial charge is 0.368 e. The molecule has 0 aromatic carbocycles. The van der Waals surface area contributed by atoms with Crippen LogP contribution in [0.4, 0.5) is 17.8 Å². The molecule has 0 spiro atoms. The van der Waals surface area contributed by atoms with E-state index in [4.69, 9.17) is 5.73 Å². The van der Waals surface area contributed by atoms with Gasteiger partial charge in [0.15, 0.2) is 0 Å². The van der Waals surface area contributed by atoms with Gasteiger partial charge < -0.3 is 16.0 Å². The van der Waals surface area contributed by atoms with Gasteiger partial charge >= 0.3 is 0 Å². The number of aromatic nitrogens is 3. The number of hydrogen-bond acceptors (Lipinski definition) is 6. The zero-order chi connectivity index (χ0) is 12.4. The highest BCUT2D eigenvalue weighted by atomic mass is 15.3. The van der Waals surface area contributed by atoms with Crippen LogP contribution >= 0.6 is 0 Å². The molecule has 0 amide bonds. The number of hydrogen-bond donors (Lipinski definition) is 2. The van der Waals surface area contributed by atoms with Crippen LogP contribution in [0.25, 0.3) is 0 Å². The van der Waals surface area contributed by atoms with E-state index in [2.05, 4.69) is 27.2 Å². The van der Waals surface area contributed by atoms with E-state index in [-0.39, 0.29) is 5.95 Å². The van der Waals surface area contributed by atoms with Crippen LogP contribution in [0.3, 0.4) is 0 Å². The molecule has 6 heteroatoms. The maximum atomic E-state index is 5.66. The van der Waals surface area contributed by atoms with Crippen LogP contribution in [0.5, 0.6) is 0 Å². The van der Waals surface area contributed by atoms with Crippen molar-refractivity contribution in [2.45, 2.75) is 32.2 Å². The summed E-state index contributed by atoms with van der Waals surface area (Å²) in [5, 5.41) is 3.28. The fraction of sp³-hybridized carbons (Fsp3) is 0.727. The van der Waals surface area contributed by atoms with E-state index in [1.165, 1.54) is 19.3 Å². The Morgan fingerprint density at radius 2 is 2.06 bits per heavy atom. The topological polar surface area (TPSA) is 80.0 Å². The van der Waals surface area contributed by atoms with Crippen LogP contribution in [0, 0.1) is 5.92 Å². The molecule has 2 rings (SSSR count). The predicted molar refractivity (Wildman–Crippen MR) is 69.0 cm³/mol. The van der Waals surface area contributed by atoms with Gasteiger partial charge in [0.05, 0.1) is 0 Å². The quantitative estimate of drug-likeness (QED) is 0.797. The molecular formula is C11H20N6. The van der Waals surface area contributed by atoms with Crippen molar-refractivity contribution in [3.05, 3.63) is 0 Å². The van der Waals surface area contributed by atoms with Crippen LogP contribution in [0.1, 0.15) is 26.2 Å². The molecule has 1 aromatic heterocycles. The Hall–Kier alpha value is -1.59. The van der Waals surface area contributed by atoms with Gasteiger partial charge in [-0.2, -0.15) is 15.0 Å². The van der Waals surface area contributed by atoms with Gasteiger partial charge in [-0.05, 0) is 19.3 Å². The summed E-state index contributed by atoms with van der Waals surface area (Å²) >= 11 is 0. The fourth-order valence-electron chi connectivity index (χ4n) is 1.78. The summed E-state index contributed by atoms with van der Waals surface area (Å²) in [7, 11) is 3.76. The second-order valence-electron chi connectivity index (χ2n) is 4.94.